The Kier molecular flexibility index (Phi) is 6.85. The quantitative estimate of drug-likeness (QED) is 0.711. The van der Waals surface area contributed by atoms with Crippen molar-refractivity contribution in [3.63, 3.8) is 0 Å². The molecule has 0 radical (unpaired) electrons. The van der Waals surface area contributed by atoms with Crippen LogP contribution in [-0.2, 0) is 4.74 Å². The van der Waals surface area contributed by atoms with E-state index in [0.29, 0.717) is 31.9 Å². The zero-order valence-electron chi connectivity index (χ0n) is 16.6. The van der Waals surface area contributed by atoms with Gasteiger partial charge in [-0.15, -0.1) is 0 Å². The summed E-state index contributed by atoms with van der Waals surface area (Å²) in [6.45, 7) is 9.18. The third-order valence-electron chi connectivity index (χ3n) is 5.72. The van der Waals surface area contributed by atoms with Crippen molar-refractivity contribution in [2.75, 3.05) is 45.9 Å². The number of carbonyl (C=O) groups is 1. The number of nitrogens with one attached hydrogen (secondary N) is 3. The maximum atomic E-state index is 13.6. The van der Waals surface area contributed by atoms with Crippen LogP contribution in [0, 0.1) is 11.6 Å². The highest BCUT2D eigenvalue weighted by Crippen LogP contribution is 2.27. The van der Waals surface area contributed by atoms with Crippen molar-refractivity contribution in [2.45, 2.75) is 37.8 Å². The van der Waals surface area contributed by atoms with Crippen molar-refractivity contribution in [3.8, 4) is 0 Å². The number of halogens is 2. The van der Waals surface area contributed by atoms with E-state index in [1.54, 1.807) is 6.07 Å². The second-order valence-electron chi connectivity index (χ2n) is 8.12. The van der Waals surface area contributed by atoms with Gasteiger partial charge in [-0.05, 0) is 44.5 Å². The molecule has 3 N–H and O–H groups in total. The minimum Gasteiger partial charge on any atom is -0.379 e. The minimum absolute atomic E-state index is 0.0608. The number of amides is 2. The van der Waals surface area contributed by atoms with Crippen LogP contribution in [-0.4, -0.2) is 68.4 Å². The smallest absolute Gasteiger partial charge is 0.315 e. The molecule has 2 saturated heterocycles. The Morgan fingerprint density at radius 1 is 1.29 bits per heavy atom. The standard InChI is InChI=1S/C20H30F2N4O2/c1-20(2,26-7-9-28-10-8-26)13-24-19(27)25-18-12-23-6-5-15(18)14-3-4-16(21)17(22)11-14/h3-4,11,15,18,23H,5-10,12-13H2,1-2H3,(H2,24,25,27)/t15-,18-/m1/s1. The Hall–Kier alpha value is -1.77. The summed E-state index contributed by atoms with van der Waals surface area (Å²) in [7, 11) is 0. The molecule has 0 bridgehead atoms. The number of hydrogen-bond acceptors (Lipinski definition) is 4. The Morgan fingerprint density at radius 2 is 2.04 bits per heavy atom. The molecule has 3 rings (SSSR count). The van der Waals surface area contributed by atoms with Gasteiger partial charge >= 0.3 is 6.03 Å². The van der Waals surface area contributed by atoms with E-state index in [1.165, 1.54) is 6.07 Å². The highest BCUT2D eigenvalue weighted by molar-refractivity contribution is 5.74. The fraction of sp³-hybridized carbons (Fsp3) is 0.650. The molecule has 2 amide bonds. The maximum Gasteiger partial charge on any atom is 0.315 e. The predicted octanol–water partition coefficient (Wildman–Crippen LogP) is 1.82. The molecule has 2 heterocycles. The van der Waals surface area contributed by atoms with Gasteiger partial charge in [-0.3, -0.25) is 4.90 Å². The molecular weight excluding hydrogens is 366 g/mol. The van der Waals surface area contributed by atoms with Gasteiger partial charge in [-0.2, -0.15) is 0 Å². The summed E-state index contributed by atoms with van der Waals surface area (Å²) in [6.07, 6.45) is 0.745. The number of ether oxygens (including phenoxy) is 1. The van der Waals surface area contributed by atoms with Gasteiger partial charge in [0.2, 0.25) is 0 Å². The van der Waals surface area contributed by atoms with Gasteiger partial charge < -0.3 is 20.7 Å². The fourth-order valence-corrected chi connectivity index (χ4v) is 3.95. The molecule has 0 aromatic heterocycles. The number of morpholine rings is 1. The molecule has 28 heavy (non-hydrogen) atoms. The minimum atomic E-state index is -0.856. The summed E-state index contributed by atoms with van der Waals surface area (Å²) in [5.74, 6) is -1.77. The third-order valence-corrected chi connectivity index (χ3v) is 5.72. The van der Waals surface area contributed by atoms with Crippen LogP contribution in [0.5, 0.6) is 0 Å². The molecule has 6 nitrogen and oxygen atoms in total. The summed E-state index contributed by atoms with van der Waals surface area (Å²) in [4.78, 5) is 14.8. The Bertz CT molecular complexity index is 680. The van der Waals surface area contributed by atoms with Crippen molar-refractivity contribution in [1.29, 1.82) is 0 Å². The van der Waals surface area contributed by atoms with E-state index in [4.69, 9.17) is 4.74 Å². The van der Waals surface area contributed by atoms with Crippen LogP contribution < -0.4 is 16.0 Å². The van der Waals surface area contributed by atoms with Gasteiger partial charge in [0.05, 0.1) is 13.2 Å². The molecule has 2 aliphatic heterocycles. The summed E-state index contributed by atoms with van der Waals surface area (Å²) in [6, 6.07) is 3.55. The van der Waals surface area contributed by atoms with E-state index in [1.807, 2.05) is 0 Å². The number of urea groups is 1. The highest BCUT2D eigenvalue weighted by atomic mass is 19.2. The lowest BCUT2D eigenvalue weighted by Crippen LogP contribution is -2.58. The van der Waals surface area contributed by atoms with Crippen LogP contribution in [0.4, 0.5) is 13.6 Å². The van der Waals surface area contributed by atoms with Gasteiger partial charge in [-0.1, -0.05) is 6.07 Å². The first-order valence-corrected chi connectivity index (χ1v) is 9.89. The Balaban J connectivity index is 1.57. The van der Waals surface area contributed by atoms with E-state index in [-0.39, 0.29) is 23.5 Å². The van der Waals surface area contributed by atoms with Crippen LogP contribution in [0.25, 0.3) is 0 Å². The largest absolute Gasteiger partial charge is 0.379 e. The predicted molar refractivity (Wildman–Crippen MR) is 103 cm³/mol. The van der Waals surface area contributed by atoms with Gasteiger partial charge in [0.25, 0.3) is 0 Å². The lowest BCUT2D eigenvalue weighted by molar-refractivity contribution is -0.00877. The van der Waals surface area contributed by atoms with E-state index < -0.39 is 11.6 Å². The molecule has 0 saturated carbocycles. The topological polar surface area (TPSA) is 65.6 Å². The van der Waals surface area contributed by atoms with Crippen molar-refractivity contribution < 1.29 is 18.3 Å². The SMILES string of the molecule is CC(C)(CNC(=O)N[C@@H]1CNCC[C@@H]1c1ccc(F)c(F)c1)N1CCOCC1. The summed E-state index contributed by atoms with van der Waals surface area (Å²) < 4.78 is 32.3. The van der Waals surface area contributed by atoms with Gasteiger partial charge in [-0.25, -0.2) is 13.6 Å². The van der Waals surface area contributed by atoms with Crippen LogP contribution in [0.2, 0.25) is 0 Å². The molecule has 2 atom stereocenters. The Labute approximate surface area is 165 Å². The van der Waals surface area contributed by atoms with Crippen LogP contribution in [0.15, 0.2) is 18.2 Å². The number of piperidine rings is 1. The van der Waals surface area contributed by atoms with Crippen molar-refractivity contribution >= 4 is 6.03 Å². The lowest BCUT2D eigenvalue weighted by atomic mass is 9.86. The summed E-state index contributed by atoms with van der Waals surface area (Å²) in [5, 5.41) is 9.23. The van der Waals surface area contributed by atoms with Crippen molar-refractivity contribution in [2.24, 2.45) is 0 Å². The first kappa shape index (κ1) is 21.0. The molecule has 1 aromatic rings. The molecule has 0 spiro atoms. The molecule has 8 heteroatoms. The monoisotopic (exact) mass is 396 g/mol. The molecule has 0 aliphatic carbocycles. The molecule has 2 aliphatic rings. The highest BCUT2D eigenvalue weighted by Gasteiger charge is 2.31. The van der Waals surface area contributed by atoms with Crippen LogP contribution in [0.3, 0.4) is 0 Å². The normalized spacial score (nSPS) is 24.0. The average molecular weight is 396 g/mol. The van der Waals surface area contributed by atoms with Crippen molar-refractivity contribution in [3.05, 3.63) is 35.4 Å². The first-order chi connectivity index (χ1) is 13.4. The second kappa shape index (κ2) is 9.15. The van der Waals surface area contributed by atoms with Gasteiger partial charge in [0.15, 0.2) is 11.6 Å². The van der Waals surface area contributed by atoms with Crippen LogP contribution >= 0.6 is 0 Å². The number of benzene rings is 1. The number of rotatable bonds is 5. The van der Waals surface area contributed by atoms with Gasteiger partial charge in [0, 0.05) is 43.7 Å². The van der Waals surface area contributed by atoms with Gasteiger partial charge in [0.1, 0.15) is 0 Å². The maximum absolute atomic E-state index is 13.6. The molecule has 0 unspecified atom stereocenters. The zero-order chi connectivity index (χ0) is 20.1. The summed E-state index contributed by atoms with van der Waals surface area (Å²) >= 11 is 0. The van der Waals surface area contributed by atoms with E-state index >= 15 is 0 Å². The molecule has 156 valence electrons. The molecule has 2 fully saturated rings. The Morgan fingerprint density at radius 3 is 2.75 bits per heavy atom. The van der Waals surface area contributed by atoms with Crippen LogP contribution in [0.1, 0.15) is 31.7 Å². The van der Waals surface area contributed by atoms with Crippen molar-refractivity contribution in [1.82, 2.24) is 20.9 Å². The fourth-order valence-electron chi connectivity index (χ4n) is 3.95. The van der Waals surface area contributed by atoms with E-state index in [9.17, 15) is 13.6 Å². The second-order valence-corrected chi connectivity index (χ2v) is 8.12. The molecular formula is C20H30F2N4O2. The third kappa shape index (κ3) is 5.18. The van der Waals surface area contributed by atoms with E-state index in [0.717, 1.165) is 32.1 Å². The van der Waals surface area contributed by atoms with E-state index in [2.05, 4.69) is 34.7 Å². The number of carbonyl (C=O) groups excluding carboxylic acids is 1. The summed E-state index contributed by atoms with van der Waals surface area (Å²) in [5.41, 5.74) is 0.533. The zero-order valence-corrected chi connectivity index (χ0v) is 16.6. The average Bonchev–Trinajstić information content (AvgIpc) is 2.70. The number of nitrogens with zero attached hydrogens (tertiary/aromatic N) is 1. The lowest BCUT2D eigenvalue weighted by Gasteiger charge is -2.41. The molecule has 1 aromatic carbocycles. The number of hydrogen-bond donors (Lipinski definition) is 3. The first-order valence-electron chi connectivity index (χ1n) is 9.89.